The Morgan fingerprint density at radius 3 is 2.55 bits per heavy atom. The van der Waals surface area contributed by atoms with Crippen molar-refractivity contribution in [2.24, 2.45) is 0 Å². The largest absolute Gasteiger partial charge is 0.492 e. The quantitative estimate of drug-likeness (QED) is 0.777. The molecule has 0 saturated heterocycles. The molecule has 0 unspecified atom stereocenters. The maximum Gasteiger partial charge on any atom is 0.407 e. The van der Waals surface area contributed by atoms with Crippen LogP contribution in [0.15, 0.2) is 22.7 Å². The van der Waals surface area contributed by atoms with Crippen molar-refractivity contribution < 1.29 is 14.3 Å². The van der Waals surface area contributed by atoms with Crippen molar-refractivity contribution in [1.29, 1.82) is 0 Å². The molecule has 0 saturated carbocycles. The fourth-order valence-electron chi connectivity index (χ4n) is 1.80. The number of halogens is 1. The monoisotopic (exact) mass is 372 g/mol. The summed E-state index contributed by atoms with van der Waals surface area (Å²) in [6, 6.07) is 5.97. The van der Waals surface area contributed by atoms with E-state index in [0.29, 0.717) is 13.2 Å². The number of benzene rings is 1. The Kier molecular flexibility index (Phi) is 7.16. The van der Waals surface area contributed by atoms with Crippen LogP contribution in [-0.2, 0) is 11.3 Å². The molecule has 0 radical (unpaired) electrons. The highest BCUT2D eigenvalue weighted by atomic mass is 79.9. The van der Waals surface area contributed by atoms with Gasteiger partial charge in [0.25, 0.3) is 0 Å². The van der Waals surface area contributed by atoms with Crippen LogP contribution in [0.2, 0.25) is 0 Å². The Bertz CT molecular complexity index is 499. The number of ether oxygens (including phenoxy) is 2. The van der Waals surface area contributed by atoms with Gasteiger partial charge in [0.1, 0.15) is 18.0 Å². The van der Waals surface area contributed by atoms with Gasteiger partial charge < -0.3 is 19.7 Å². The smallest absolute Gasteiger partial charge is 0.407 e. The molecule has 0 aromatic heterocycles. The lowest BCUT2D eigenvalue weighted by molar-refractivity contribution is 0.0520. The third-order valence-electron chi connectivity index (χ3n) is 2.47. The van der Waals surface area contributed by atoms with E-state index in [2.05, 4.69) is 32.2 Å². The number of hydrogen-bond donors (Lipinski definition) is 1. The van der Waals surface area contributed by atoms with E-state index >= 15 is 0 Å². The van der Waals surface area contributed by atoms with E-state index in [1.54, 1.807) is 0 Å². The molecule has 0 aliphatic heterocycles. The summed E-state index contributed by atoms with van der Waals surface area (Å²) in [5.74, 6) is 0.775. The van der Waals surface area contributed by atoms with Gasteiger partial charge in [-0.1, -0.05) is 15.9 Å². The van der Waals surface area contributed by atoms with Crippen molar-refractivity contribution in [3.63, 3.8) is 0 Å². The van der Waals surface area contributed by atoms with Crippen molar-refractivity contribution in [1.82, 2.24) is 10.2 Å². The van der Waals surface area contributed by atoms with E-state index in [1.807, 2.05) is 47.0 Å². The van der Waals surface area contributed by atoms with Crippen molar-refractivity contribution in [2.75, 3.05) is 27.2 Å². The second kappa shape index (κ2) is 8.39. The number of carbonyl (C=O) groups excluding carboxylic acids is 1. The maximum atomic E-state index is 11.5. The molecular weight excluding hydrogens is 348 g/mol. The summed E-state index contributed by atoms with van der Waals surface area (Å²) < 4.78 is 11.8. The van der Waals surface area contributed by atoms with Gasteiger partial charge in [0.2, 0.25) is 0 Å². The van der Waals surface area contributed by atoms with Gasteiger partial charge >= 0.3 is 6.09 Å². The summed E-state index contributed by atoms with van der Waals surface area (Å²) in [4.78, 5) is 13.6. The van der Waals surface area contributed by atoms with Gasteiger partial charge in [-0.2, -0.15) is 0 Å². The summed E-state index contributed by atoms with van der Waals surface area (Å²) in [7, 11) is 4.04. The van der Waals surface area contributed by atoms with E-state index in [1.165, 1.54) is 0 Å². The molecule has 5 nitrogen and oxygen atoms in total. The highest BCUT2D eigenvalue weighted by Gasteiger charge is 2.15. The van der Waals surface area contributed by atoms with Crippen LogP contribution in [-0.4, -0.2) is 43.8 Å². The van der Waals surface area contributed by atoms with Crippen LogP contribution in [0, 0.1) is 0 Å². The summed E-state index contributed by atoms with van der Waals surface area (Å²) in [5, 5.41) is 2.66. The van der Waals surface area contributed by atoms with Crippen molar-refractivity contribution in [3.05, 3.63) is 28.2 Å². The summed E-state index contributed by atoms with van der Waals surface area (Å²) in [6.07, 6.45) is -0.432. The predicted octanol–water partition coefficient (Wildman–Crippen LogP) is 3.41. The molecule has 0 heterocycles. The number of rotatable bonds is 6. The highest BCUT2D eigenvalue weighted by molar-refractivity contribution is 9.10. The predicted molar refractivity (Wildman–Crippen MR) is 91.3 cm³/mol. The van der Waals surface area contributed by atoms with E-state index in [9.17, 15) is 4.79 Å². The van der Waals surface area contributed by atoms with Gasteiger partial charge in [-0.3, -0.25) is 0 Å². The second-order valence-electron chi connectivity index (χ2n) is 6.31. The van der Waals surface area contributed by atoms with Gasteiger partial charge in [0.15, 0.2) is 0 Å². The highest BCUT2D eigenvalue weighted by Crippen LogP contribution is 2.22. The van der Waals surface area contributed by atoms with Gasteiger partial charge in [-0.05, 0) is 58.6 Å². The van der Waals surface area contributed by atoms with Crippen LogP contribution >= 0.6 is 15.9 Å². The number of nitrogens with zero attached hydrogens (tertiary/aromatic N) is 1. The molecule has 0 aliphatic rings. The van der Waals surface area contributed by atoms with Crippen molar-refractivity contribution in [3.8, 4) is 5.75 Å². The summed E-state index contributed by atoms with van der Waals surface area (Å²) in [6.45, 7) is 7.11. The lowest BCUT2D eigenvalue weighted by Crippen LogP contribution is -2.34. The fraction of sp³-hybridized carbons (Fsp3) is 0.562. The average molecular weight is 373 g/mol. The second-order valence-corrected chi connectivity index (χ2v) is 7.23. The first-order valence-corrected chi connectivity index (χ1v) is 7.99. The summed E-state index contributed by atoms with van der Waals surface area (Å²) >= 11 is 3.48. The Morgan fingerprint density at radius 1 is 1.27 bits per heavy atom. The summed E-state index contributed by atoms with van der Waals surface area (Å²) in [5.41, 5.74) is 0.672. The number of hydrogen-bond acceptors (Lipinski definition) is 4. The molecule has 1 rings (SSSR count). The molecule has 6 heteroatoms. The Labute approximate surface area is 141 Å². The molecule has 0 aliphatic carbocycles. The molecule has 22 heavy (non-hydrogen) atoms. The van der Waals surface area contributed by atoms with E-state index < -0.39 is 11.7 Å². The molecule has 0 fully saturated rings. The van der Waals surface area contributed by atoms with Crippen molar-refractivity contribution in [2.45, 2.75) is 32.9 Å². The third kappa shape index (κ3) is 8.24. The van der Waals surface area contributed by atoms with Crippen LogP contribution in [0.1, 0.15) is 26.3 Å². The minimum absolute atomic E-state index is 0.386. The van der Waals surface area contributed by atoms with Gasteiger partial charge in [-0.25, -0.2) is 4.79 Å². The molecule has 1 amide bonds. The lowest BCUT2D eigenvalue weighted by Gasteiger charge is -2.19. The topological polar surface area (TPSA) is 50.8 Å². The molecule has 0 bridgehead atoms. The minimum Gasteiger partial charge on any atom is -0.492 e. The molecule has 0 atom stereocenters. The van der Waals surface area contributed by atoms with E-state index in [-0.39, 0.29) is 0 Å². The number of amides is 1. The van der Waals surface area contributed by atoms with Crippen LogP contribution in [0.3, 0.4) is 0 Å². The van der Waals surface area contributed by atoms with E-state index in [4.69, 9.17) is 9.47 Å². The first kappa shape index (κ1) is 18.8. The number of carbonyl (C=O) groups is 1. The average Bonchev–Trinajstić information content (AvgIpc) is 2.31. The van der Waals surface area contributed by atoms with Gasteiger partial charge in [0.05, 0.1) is 6.54 Å². The normalized spacial score (nSPS) is 11.4. The van der Waals surface area contributed by atoms with Crippen molar-refractivity contribution >= 4 is 22.0 Å². The van der Waals surface area contributed by atoms with E-state index in [0.717, 1.165) is 22.3 Å². The zero-order chi connectivity index (χ0) is 16.8. The Hall–Kier alpha value is -1.27. The molecule has 1 N–H and O–H groups in total. The fourth-order valence-corrected chi connectivity index (χ4v) is 2.32. The standard InChI is InChI=1S/C16H25BrN2O3/c1-16(2,3)22-15(20)18-6-7-21-14-9-12(11-19(4)5)8-13(17)10-14/h8-10H,6-7,11H2,1-5H3,(H,18,20). The van der Waals surface area contributed by atoms with Crippen LogP contribution < -0.4 is 10.1 Å². The van der Waals surface area contributed by atoms with Crippen LogP contribution in [0.25, 0.3) is 0 Å². The zero-order valence-electron chi connectivity index (χ0n) is 13.9. The molecule has 124 valence electrons. The van der Waals surface area contributed by atoms with Crippen LogP contribution in [0.5, 0.6) is 5.75 Å². The SMILES string of the molecule is CN(C)Cc1cc(Br)cc(OCCNC(=O)OC(C)(C)C)c1. The molecular formula is C16H25BrN2O3. The minimum atomic E-state index is -0.490. The molecule has 1 aromatic rings. The first-order valence-electron chi connectivity index (χ1n) is 7.19. The lowest BCUT2D eigenvalue weighted by atomic mass is 10.2. The maximum absolute atomic E-state index is 11.5. The number of alkyl carbamates (subject to hydrolysis) is 1. The van der Waals surface area contributed by atoms with Crippen LogP contribution in [0.4, 0.5) is 4.79 Å². The number of nitrogens with one attached hydrogen (secondary N) is 1. The Balaban J connectivity index is 2.42. The molecule has 1 aromatic carbocycles. The molecule has 0 spiro atoms. The third-order valence-corrected chi connectivity index (χ3v) is 2.93. The Morgan fingerprint density at radius 2 is 1.95 bits per heavy atom. The first-order chi connectivity index (χ1) is 10.2. The van der Waals surface area contributed by atoms with Gasteiger partial charge in [-0.15, -0.1) is 0 Å². The van der Waals surface area contributed by atoms with Gasteiger partial charge in [0, 0.05) is 11.0 Å². The zero-order valence-corrected chi connectivity index (χ0v) is 15.5.